The minimum atomic E-state index is 0.191. The number of nitrogens with one attached hydrogen (secondary N) is 1. The minimum Gasteiger partial charge on any atom is -0.356 e. The van der Waals surface area contributed by atoms with Crippen LogP contribution in [0.5, 0.6) is 0 Å². The molecule has 0 aliphatic heterocycles. The monoisotopic (exact) mass is 302 g/mol. The molecule has 0 aliphatic rings. The molecular formula is C16H22N4S. The average Bonchev–Trinajstić information content (AvgIpc) is 2.80. The van der Waals surface area contributed by atoms with Crippen molar-refractivity contribution in [2.45, 2.75) is 26.4 Å². The highest BCUT2D eigenvalue weighted by Gasteiger charge is 2.12. The Kier molecular flexibility index (Phi) is 4.96. The molecule has 2 aromatic rings. The highest BCUT2D eigenvalue weighted by Crippen LogP contribution is 2.13. The molecule has 0 aliphatic carbocycles. The summed E-state index contributed by atoms with van der Waals surface area (Å²) in [6, 6.07) is 10.5. The van der Waals surface area contributed by atoms with E-state index < -0.39 is 0 Å². The van der Waals surface area contributed by atoms with Gasteiger partial charge in [0.15, 0.2) is 5.11 Å². The van der Waals surface area contributed by atoms with Gasteiger partial charge in [0.25, 0.3) is 0 Å². The van der Waals surface area contributed by atoms with Crippen LogP contribution in [0.1, 0.15) is 29.8 Å². The number of hydrogen-bond acceptors (Lipinski definition) is 2. The van der Waals surface area contributed by atoms with Crippen LogP contribution in [0.3, 0.4) is 0 Å². The number of thiocarbonyl (C=S) groups is 1. The highest BCUT2D eigenvalue weighted by molar-refractivity contribution is 7.80. The number of nitrogens with zero attached hydrogens (tertiary/aromatic N) is 3. The van der Waals surface area contributed by atoms with E-state index in [1.165, 1.54) is 16.8 Å². The largest absolute Gasteiger partial charge is 0.356 e. The summed E-state index contributed by atoms with van der Waals surface area (Å²) < 4.78 is 1.88. The number of rotatable bonds is 4. The molecule has 5 heteroatoms. The van der Waals surface area contributed by atoms with Gasteiger partial charge in [0.1, 0.15) is 0 Å². The standard InChI is InChI=1S/C16H22N4S/c1-12(14-8-6-5-7-9-14)18-16(21)19(3)11-15-10-17-20(4)13(15)2/h5-10,12H,11H2,1-4H3,(H,18,21). The molecule has 0 amide bonds. The summed E-state index contributed by atoms with van der Waals surface area (Å²) >= 11 is 5.49. The van der Waals surface area contributed by atoms with Gasteiger partial charge in [-0.05, 0) is 31.6 Å². The van der Waals surface area contributed by atoms with Crippen molar-refractivity contribution in [3.8, 4) is 0 Å². The fourth-order valence-corrected chi connectivity index (χ4v) is 2.39. The minimum absolute atomic E-state index is 0.191. The molecule has 0 saturated carbocycles. The Morgan fingerprint density at radius 1 is 1.38 bits per heavy atom. The van der Waals surface area contributed by atoms with Crippen LogP contribution in [0.15, 0.2) is 36.5 Å². The van der Waals surface area contributed by atoms with Crippen molar-refractivity contribution in [3.05, 3.63) is 53.3 Å². The van der Waals surface area contributed by atoms with Crippen LogP contribution in [0, 0.1) is 6.92 Å². The Labute approximate surface area is 131 Å². The van der Waals surface area contributed by atoms with Gasteiger partial charge in [0.2, 0.25) is 0 Å². The third-order valence-corrected chi connectivity index (χ3v) is 4.16. The Morgan fingerprint density at radius 3 is 2.62 bits per heavy atom. The molecule has 1 unspecified atom stereocenters. The zero-order valence-electron chi connectivity index (χ0n) is 13.0. The lowest BCUT2D eigenvalue weighted by molar-refractivity contribution is 0.477. The van der Waals surface area contributed by atoms with Gasteiger partial charge in [0.05, 0.1) is 12.2 Å². The molecule has 2 rings (SSSR count). The molecule has 0 radical (unpaired) electrons. The molecule has 0 fully saturated rings. The van der Waals surface area contributed by atoms with Crippen LogP contribution in [-0.2, 0) is 13.6 Å². The van der Waals surface area contributed by atoms with E-state index in [2.05, 4.69) is 36.4 Å². The van der Waals surface area contributed by atoms with E-state index in [1.54, 1.807) is 0 Å². The van der Waals surface area contributed by atoms with Crippen molar-refractivity contribution in [3.63, 3.8) is 0 Å². The van der Waals surface area contributed by atoms with Crippen LogP contribution in [0.25, 0.3) is 0 Å². The van der Waals surface area contributed by atoms with E-state index in [-0.39, 0.29) is 6.04 Å². The number of benzene rings is 1. The fourth-order valence-electron chi connectivity index (χ4n) is 2.15. The summed E-state index contributed by atoms with van der Waals surface area (Å²) in [7, 11) is 3.95. The third-order valence-electron chi connectivity index (χ3n) is 3.73. The lowest BCUT2D eigenvalue weighted by Crippen LogP contribution is -2.38. The summed E-state index contributed by atoms with van der Waals surface area (Å²) in [5.74, 6) is 0. The van der Waals surface area contributed by atoms with Gasteiger partial charge in [-0.25, -0.2) is 0 Å². The second-order valence-electron chi connectivity index (χ2n) is 5.32. The summed E-state index contributed by atoms with van der Waals surface area (Å²) in [4.78, 5) is 2.04. The topological polar surface area (TPSA) is 33.1 Å². The quantitative estimate of drug-likeness (QED) is 0.881. The average molecular weight is 302 g/mol. The van der Waals surface area contributed by atoms with E-state index in [1.807, 2.05) is 48.1 Å². The van der Waals surface area contributed by atoms with E-state index in [4.69, 9.17) is 12.2 Å². The molecule has 0 spiro atoms. The van der Waals surface area contributed by atoms with Crippen molar-refractivity contribution >= 4 is 17.3 Å². The van der Waals surface area contributed by atoms with E-state index >= 15 is 0 Å². The molecule has 112 valence electrons. The van der Waals surface area contributed by atoms with Crippen molar-refractivity contribution in [1.82, 2.24) is 20.0 Å². The van der Waals surface area contributed by atoms with Gasteiger partial charge in [-0.2, -0.15) is 5.10 Å². The molecule has 1 aromatic carbocycles. The maximum atomic E-state index is 5.49. The molecule has 1 N–H and O–H groups in total. The van der Waals surface area contributed by atoms with Gasteiger partial charge in [0, 0.05) is 31.9 Å². The summed E-state index contributed by atoms with van der Waals surface area (Å²) in [6.07, 6.45) is 1.90. The lowest BCUT2D eigenvalue weighted by atomic mass is 10.1. The Balaban J connectivity index is 1.95. The molecule has 21 heavy (non-hydrogen) atoms. The first kappa shape index (κ1) is 15.5. The maximum Gasteiger partial charge on any atom is 0.169 e. The van der Waals surface area contributed by atoms with Crippen molar-refractivity contribution < 1.29 is 0 Å². The molecule has 0 bridgehead atoms. The van der Waals surface area contributed by atoms with Gasteiger partial charge in [-0.1, -0.05) is 30.3 Å². The van der Waals surface area contributed by atoms with Crippen molar-refractivity contribution in [2.75, 3.05) is 7.05 Å². The molecule has 4 nitrogen and oxygen atoms in total. The lowest BCUT2D eigenvalue weighted by Gasteiger charge is -2.24. The smallest absolute Gasteiger partial charge is 0.169 e. The predicted molar refractivity (Wildman–Crippen MR) is 90.0 cm³/mol. The predicted octanol–water partition coefficient (Wildman–Crippen LogP) is 2.80. The fraction of sp³-hybridized carbons (Fsp3) is 0.375. The summed E-state index contributed by atoms with van der Waals surface area (Å²) in [5.41, 5.74) is 3.59. The molecule has 1 heterocycles. The van der Waals surface area contributed by atoms with Crippen LogP contribution >= 0.6 is 12.2 Å². The van der Waals surface area contributed by atoms with Crippen LogP contribution < -0.4 is 5.32 Å². The molecular weight excluding hydrogens is 280 g/mol. The zero-order chi connectivity index (χ0) is 15.4. The van der Waals surface area contributed by atoms with E-state index in [0.29, 0.717) is 0 Å². The third kappa shape index (κ3) is 3.82. The normalized spacial score (nSPS) is 12.0. The first-order valence-corrected chi connectivity index (χ1v) is 7.44. The Morgan fingerprint density at radius 2 is 2.05 bits per heavy atom. The molecule has 1 atom stereocenters. The first-order chi connectivity index (χ1) is 9.99. The Hall–Kier alpha value is -1.88. The SMILES string of the molecule is Cc1c(CN(C)C(=S)NC(C)c2ccccc2)cnn1C. The summed E-state index contributed by atoms with van der Waals surface area (Å²) in [5, 5.41) is 8.38. The highest BCUT2D eigenvalue weighted by atomic mass is 32.1. The van der Waals surface area contributed by atoms with Crippen LogP contribution in [0.2, 0.25) is 0 Å². The van der Waals surface area contributed by atoms with Gasteiger partial charge in [-0.3, -0.25) is 4.68 Å². The van der Waals surface area contributed by atoms with Gasteiger partial charge >= 0.3 is 0 Å². The first-order valence-electron chi connectivity index (χ1n) is 7.03. The van der Waals surface area contributed by atoms with Gasteiger partial charge < -0.3 is 10.2 Å². The number of aromatic nitrogens is 2. The number of hydrogen-bond donors (Lipinski definition) is 1. The van der Waals surface area contributed by atoms with Crippen molar-refractivity contribution in [1.29, 1.82) is 0 Å². The van der Waals surface area contributed by atoms with Crippen molar-refractivity contribution in [2.24, 2.45) is 7.05 Å². The van der Waals surface area contributed by atoms with E-state index in [9.17, 15) is 0 Å². The molecule has 0 saturated heterocycles. The maximum absolute atomic E-state index is 5.49. The molecule has 1 aromatic heterocycles. The second kappa shape index (κ2) is 6.72. The van der Waals surface area contributed by atoms with Crippen LogP contribution in [0.4, 0.5) is 0 Å². The second-order valence-corrected chi connectivity index (χ2v) is 5.70. The zero-order valence-corrected chi connectivity index (χ0v) is 13.8. The Bertz CT molecular complexity index is 606. The summed E-state index contributed by atoms with van der Waals surface area (Å²) in [6.45, 7) is 4.94. The number of aryl methyl sites for hydroxylation is 1. The van der Waals surface area contributed by atoms with Gasteiger partial charge in [-0.15, -0.1) is 0 Å². The van der Waals surface area contributed by atoms with E-state index in [0.717, 1.165) is 11.7 Å². The van der Waals surface area contributed by atoms with Crippen LogP contribution in [-0.4, -0.2) is 26.8 Å².